The number of hydrogen-bond donors (Lipinski definition) is 0. The van der Waals surface area contributed by atoms with E-state index in [1.54, 1.807) is 6.07 Å². The van der Waals surface area contributed by atoms with Gasteiger partial charge in [-0.25, -0.2) is 0 Å². The Morgan fingerprint density at radius 3 is 2.63 bits per heavy atom. The van der Waals surface area contributed by atoms with Crippen LogP contribution >= 0.6 is 0 Å². The minimum atomic E-state index is -3.00. The minimum absolute atomic E-state index is 0.0266. The highest BCUT2D eigenvalue weighted by molar-refractivity contribution is 5.94. The molecule has 0 saturated heterocycles. The molecule has 2 aromatic rings. The number of carbonyl (C=O) groups is 1. The topological polar surface area (TPSA) is 62.2 Å². The van der Waals surface area contributed by atoms with Crippen molar-refractivity contribution in [1.29, 1.82) is 0 Å². The van der Waals surface area contributed by atoms with Crippen molar-refractivity contribution in [3.63, 3.8) is 0 Å². The summed E-state index contributed by atoms with van der Waals surface area (Å²) in [6.07, 6.45) is 1.36. The van der Waals surface area contributed by atoms with Crippen LogP contribution in [0.4, 0.5) is 8.78 Å². The maximum Gasteiger partial charge on any atom is 0.387 e. The van der Waals surface area contributed by atoms with Gasteiger partial charge in [-0.1, -0.05) is 12.1 Å². The van der Waals surface area contributed by atoms with Gasteiger partial charge in [0.25, 0.3) is 0 Å². The van der Waals surface area contributed by atoms with Crippen LogP contribution in [0.15, 0.2) is 42.6 Å². The summed E-state index contributed by atoms with van der Waals surface area (Å²) in [5.41, 5.74) is 0.00849. The SMILES string of the molecule is O=C([O-])c1cccnc1-c1ccccc1OC(F)F. The van der Waals surface area contributed by atoms with Crippen LogP contribution in [0.3, 0.4) is 0 Å². The number of hydrogen-bond acceptors (Lipinski definition) is 4. The molecule has 4 nitrogen and oxygen atoms in total. The van der Waals surface area contributed by atoms with Gasteiger partial charge in [0.15, 0.2) is 0 Å². The van der Waals surface area contributed by atoms with Crippen LogP contribution < -0.4 is 9.84 Å². The van der Waals surface area contributed by atoms with Crippen LogP contribution in [0, 0.1) is 0 Å². The number of carboxylic acid groups (broad SMARTS) is 1. The van der Waals surface area contributed by atoms with Crippen molar-refractivity contribution in [2.75, 3.05) is 0 Å². The van der Waals surface area contributed by atoms with Gasteiger partial charge in [0.2, 0.25) is 0 Å². The fourth-order valence-electron chi connectivity index (χ4n) is 1.65. The lowest BCUT2D eigenvalue weighted by Gasteiger charge is -2.13. The first-order chi connectivity index (χ1) is 9.09. The van der Waals surface area contributed by atoms with Gasteiger partial charge >= 0.3 is 6.61 Å². The molecule has 0 bridgehead atoms. The van der Waals surface area contributed by atoms with E-state index in [2.05, 4.69) is 9.72 Å². The van der Waals surface area contributed by atoms with Crippen LogP contribution in [0.25, 0.3) is 11.3 Å². The number of halogens is 2. The fourth-order valence-corrected chi connectivity index (χ4v) is 1.65. The standard InChI is InChI=1S/C13H9F2NO3/c14-13(15)19-10-6-2-1-4-8(10)11-9(12(17)18)5-3-7-16-11/h1-7,13H,(H,17,18)/p-1. The Bertz CT molecular complexity index is 602. The van der Waals surface area contributed by atoms with E-state index in [1.165, 1.54) is 36.5 Å². The zero-order chi connectivity index (χ0) is 13.8. The number of aromatic nitrogens is 1. The highest BCUT2D eigenvalue weighted by Crippen LogP contribution is 2.31. The van der Waals surface area contributed by atoms with Gasteiger partial charge < -0.3 is 14.6 Å². The molecule has 0 fully saturated rings. The Morgan fingerprint density at radius 1 is 1.21 bits per heavy atom. The number of nitrogens with zero attached hydrogens (tertiary/aromatic N) is 1. The summed E-state index contributed by atoms with van der Waals surface area (Å²) in [4.78, 5) is 14.9. The van der Waals surface area contributed by atoms with E-state index in [0.29, 0.717) is 0 Å². The molecular formula is C13H8F2NO3-. The van der Waals surface area contributed by atoms with Crippen molar-refractivity contribution in [3.8, 4) is 17.0 Å². The van der Waals surface area contributed by atoms with Gasteiger partial charge in [0, 0.05) is 17.3 Å². The molecular weight excluding hydrogens is 256 g/mol. The monoisotopic (exact) mass is 264 g/mol. The first kappa shape index (κ1) is 12.9. The number of carboxylic acids is 1. The Labute approximate surface area is 107 Å². The largest absolute Gasteiger partial charge is 0.545 e. The lowest BCUT2D eigenvalue weighted by atomic mass is 10.1. The molecule has 0 aliphatic carbocycles. The van der Waals surface area contributed by atoms with Crippen molar-refractivity contribution in [2.24, 2.45) is 0 Å². The third-order valence-corrected chi connectivity index (χ3v) is 2.39. The van der Waals surface area contributed by atoms with Crippen molar-refractivity contribution >= 4 is 5.97 Å². The Hall–Kier alpha value is -2.50. The zero-order valence-electron chi connectivity index (χ0n) is 9.55. The molecule has 0 aliphatic rings. The lowest BCUT2D eigenvalue weighted by molar-refractivity contribution is -0.255. The first-order valence-electron chi connectivity index (χ1n) is 5.30. The summed E-state index contributed by atoms with van der Waals surface area (Å²) in [5, 5.41) is 11.0. The van der Waals surface area contributed by atoms with Crippen LogP contribution in [-0.2, 0) is 0 Å². The third-order valence-electron chi connectivity index (χ3n) is 2.39. The average Bonchev–Trinajstić information content (AvgIpc) is 2.38. The van der Waals surface area contributed by atoms with Crippen molar-refractivity contribution in [3.05, 3.63) is 48.2 Å². The van der Waals surface area contributed by atoms with Gasteiger partial charge in [-0.05, 0) is 24.3 Å². The highest BCUT2D eigenvalue weighted by atomic mass is 19.3. The first-order valence-corrected chi connectivity index (χ1v) is 5.30. The normalized spacial score (nSPS) is 10.5. The summed E-state index contributed by atoms with van der Waals surface area (Å²) in [6.45, 7) is -3.00. The molecule has 1 aromatic carbocycles. The smallest absolute Gasteiger partial charge is 0.387 e. The number of para-hydroxylation sites is 1. The Balaban J connectivity index is 2.56. The molecule has 6 heteroatoms. The molecule has 1 aromatic heterocycles. The average molecular weight is 264 g/mol. The van der Waals surface area contributed by atoms with Gasteiger partial charge in [-0.2, -0.15) is 8.78 Å². The summed E-state index contributed by atoms with van der Waals surface area (Å²) in [6, 6.07) is 8.55. The molecule has 19 heavy (non-hydrogen) atoms. The molecule has 0 aliphatic heterocycles. The Kier molecular flexibility index (Phi) is 3.70. The van der Waals surface area contributed by atoms with Crippen LogP contribution in [0.1, 0.15) is 10.4 Å². The molecule has 2 rings (SSSR count). The van der Waals surface area contributed by atoms with Crippen molar-refractivity contribution in [2.45, 2.75) is 6.61 Å². The minimum Gasteiger partial charge on any atom is -0.545 e. The highest BCUT2D eigenvalue weighted by Gasteiger charge is 2.14. The van der Waals surface area contributed by atoms with Crippen molar-refractivity contribution in [1.82, 2.24) is 4.98 Å². The second kappa shape index (κ2) is 5.43. The summed E-state index contributed by atoms with van der Waals surface area (Å²) < 4.78 is 29.0. The molecule has 1 heterocycles. The molecule has 0 unspecified atom stereocenters. The number of alkyl halides is 2. The summed E-state index contributed by atoms with van der Waals surface area (Å²) >= 11 is 0. The molecule has 0 spiro atoms. The lowest BCUT2D eigenvalue weighted by Crippen LogP contribution is -2.23. The van der Waals surface area contributed by atoms with E-state index in [-0.39, 0.29) is 22.6 Å². The van der Waals surface area contributed by atoms with E-state index < -0.39 is 12.6 Å². The third kappa shape index (κ3) is 2.85. The summed E-state index contributed by atoms with van der Waals surface area (Å²) in [7, 11) is 0. The summed E-state index contributed by atoms with van der Waals surface area (Å²) in [5.74, 6) is -1.58. The van der Waals surface area contributed by atoms with E-state index in [0.717, 1.165) is 0 Å². The van der Waals surface area contributed by atoms with E-state index in [1.807, 2.05) is 0 Å². The number of ether oxygens (including phenoxy) is 1. The van der Waals surface area contributed by atoms with E-state index in [9.17, 15) is 18.7 Å². The van der Waals surface area contributed by atoms with E-state index in [4.69, 9.17) is 0 Å². The number of rotatable bonds is 4. The van der Waals surface area contributed by atoms with Gasteiger partial charge in [0.1, 0.15) is 5.75 Å². The quantitative estimate of drug-likeness (QED) is 0.843. The van der Waals surface area contributed by atoms with Crippen LogP contribution in [0.5, 0.6) is 5.75 Å². The van der Waals surface area contributed by atoms with Crippen LogP contribution in [-0.4, -0.2) is 17.6 Å². The number of pyridine rings is 1. The fraction of sp³-hybridized carbons (Fsp3) is 0.0769. The number of benzene rings is 1. The maximum absolute atomic E-state index is 12.3. The second-order valence-corrected chi connectivity index (χ2v) is 3.56. The predicted octanol–water partition coefficient (Wildman–Crippen LogP) is 1.71. The van der Waals surface area contributed by atoms with Crippen LogP contribution in [0.2, 0.25) is 0 Å². The molecule has 0 saturated carbocycles. The number of aromatic carboxylic acids is 1. The molecule has 98 valence electrons. The molecule has 0 atom stereocenters. The molecule has 0 radical (unpaired) electrons. The number of carbonyl (C=O) groups excluding carboxylic acids is 1. The van der Waals surface area contributed by atoms with Gasteiger partial charge in [-0.3, -0.25) is 4.98 Å². The van der Waals surface area contributed by atoms with Gasteiger partial charge in [0.05, 0.1) is 11.7 Å². The predicted molar refractivity (Wildman–Crippen MR) is 60.6 cm³/mol. The van der Waals surface area contributed by atoms with E-state index >= 15 is 0 Å². The molecule has 0 N–H and O–H groups in total. The second-order valence-electron chi connectivity index (χ2n) is 3.56. The molecule has 0 amide bonds. The Morgan fingerprint density at radius 2 is 1.95 bits per heavy atom. The zero-order valence-corrected chi connectivity index (χ0v) is 9.55. The van der Waals surface area contributed by atoms with Gasteiger partial charge in [-0.15, -0.1) is 0 Å². The van der Waals surface area contributed by atoms with Crippen molar-refractivity contribution < 1.29 is 23.4 Å². The maximum atomic E-state index is 12.3.